The lowest BCUT2D eigenvalue weighted by molar-refractivity contribution is 0.0697. The standard InChI is InChI=1S/C15H20N2O2/c1-14(10-18,11-19)17-13-7-15(8-13,9-16)12-5-3-2-4-6-12/h2-6,13,17-19H,7-8,10-11H2,1H3. The van der Waals surface area contributed by atoms with Crippen LogP contribution in [0.25, 0.3) is 0 Å². The molecular weight excluding hydrogens is 240 g/mol. The Morgan fingerprint density at radius 3 is 2.37 bits per heavy atom. The van der Waals surface area contributed by atoms with Gasteiger partial charge in [0.1, 0.15) is 0 Å². The smallest absolute Gasteiger partial charge is 0.0852 e. The Morgan fingerprint density at radius 1 is 1.32 bits per heavy atom. The van der Waals surface area contributed by atoms with E-state index in [1.807, 2.05) is 30.3 Å². The monoisotopic (exact) mass is 260 g/mol. The predicted octanol–water partition coefficient (Wildman–Crippen LogP) is 0.943. The summed E-state index contributed by atoms with van der Waals surface area (Å²) in [5.74, 6) is 0. The fourth-order valence-corrected chi connectivity index (χ4v) is 2.67. The zero-order valence-corrected chi connectivity index (χ0v) is 11.1. The van der Waals surface area contributed by atoms with Gasteiger partial charge in [0.2, 0.25) is 0 Å². The van der Waals surface area contributed by atoms with E-state index in [-0.39, 0.29) is 19.3 Å². The summed E-state index contributed by atoms with van der Waals surface area (Å²) in [4.78, 5) is 0. The molecule has 0 bridgehead atoms. The number of rotatable bonds is 5. The highest BCUT2D eigenvalue weighted by molar-refractivity contribution is 5.37. The molecule has 0 radical (unpaired) electrons. The molecule has 0 aromatic heterocycles. The quantitative estimate of drug-likeness (QED) is 0.736. The van der Waals surface area contributed by atoms with Crippen molar-refractivity contribution < 1.29 is 10.2 Å². The van der Waals surface area contributed by atoms with Gasteiger partial charge in [-0.3, -0.25) is 0 Å². The Kier molecular flexibility index (Phi) is 3.91. The maximum Gasteiger partial charge on any atom is 0.0852 e. The van der Waals surface area contributed by atoms with Crippen molar-refractivity contribution in [2.24, 2.45) is 0 Å². The van der Waals surface area contributed by atoms with Crippen LogP contribution in [0.3, 0.4) is 0 Å². The van der Waals surface area contributed by atoms with E-state index in [9.17, 15) is 15.5 Å². The molecule has 0 aliphatic heterocycles. The van der Waals surface area contributed by atoms with E-state index in [1.54, 1.807) is 6.92 Å². The van der Waals surface area contributed by atoms with Crippen LogP contribution >= 0.6 is 0 Å². The van der Waals surface area contributed by atoms with Crippen LogP contribution in [0.1, 0.15) is 25.3 Å². The predicted molar refractivity (Wildman–Crippen MR) is 72.5 cm³/mol. The molecule has 4 nitrogen and oxygen atoms in total. The van der Waals surface area contributed by atoms with Gasteiger partial charge in [0.05, 0.1) is 30.2 Å². The third-order valence-corrected chi connectivity index (χ3v) is 3.98. The lowest BCUT2D eigenvalue weighted by atomic mass is 9.62. The second-order valence-electron chi connectivity index (χ2n) is 5.69. The van der Waals surface area contributed by atoms with E-state index < -0.39 is 11.0 Å². The van der Waals surface area contributed by atoms with Gasteiger partial charge in [0.15, 0.2) is 0 Å². The van der Waals surface area contributed by atoms with E-state index in [4.69, 9.17) is 0 Å². The molecule has 102 valence electrons. The summed E-state index contributed by atoms with van der Waals surface area (Å²) in [6, 6.07) is 12.4. The Bertz CT molecular complexity index is 457. The van der Waals surface area contributed by atoms with Crippen LogP contribution in [-0.4, -0.2) is 35.0 Å². The molecule has 0 spiro atoms. The Labute approximate surface area is 113 Å². The van der Waals surface area contributed by atoms with Gasteiger partial charge in [0, 0.05) is 6.04 Å². The minimum absolute atomic E-state index is 0.120. The Balaban J connectivity index is 2.03. The summed E-state index contributed by atoms with van der Waals surface area (Å²) < 4.78 is 0. The molecule has 1 saturated carbocycles. The van der Waals surface area contributed by atoms with Crippen molar-refractivity contribution in [3.8, 4) is 6.07 Å². The average Bonchev–Trinajstić information content (AvgIpc) is 2.43. The number of hydrogen-bond donors (Lipinski definition) is 3. The highest BCUT2D eigenvalue weighted by atomic mass is 16.3. The first-order valence-corrected chi connectivity index (χ1v) is 6.54. The zero-order valence-electron chi connectivity index (χ0n) is 11.1. The summed E-state index contributed by atoms with van der Waals surface area (Å²) in [6.45, 7) is 1.54. The van der Waals surface area contributed by atoms with Crippen molar-refractivity contribution in [3.05, 3.63) is 35.9 Å². The molecule has 1 aliphatic carbocycles. The first kappa shape index (κ1) is 14.0. The number of aliphatic hydroxyl groups excluding tert-OH is 2. The van der Waals surface area contributed by atoms with Gasteiger partial charge in [0.25, 0.3) is 0 Å². The van der Waals surface area contributed by atoms with Gasteiger partial charge >= 0.3 is 0 Å². The molecule has 0 unspecified atom stereocenters. The van der Waals surface area contributed by atoms with E-state index >= 15 is 0 Å². The van der Waals surface area contributed by atoms with Crippen LogP contribution in [0.15, 0.2) is 30.3 Å². The summed E-state index contributed by atoms with van der Waals surface area (Å²) in [6.07, 6.45) is 1.42. The SMILES string of the molecule is CC(CO)(CO)NC1CC(C#N)(c2ccccc2)C1. The second kappa shape index (κ2) is 5.30. The largest absolute Gasteiger partial charge is 0.394 e. The molecule has 2 rings (SSSR count). The number of nitrogens with one attached hydrogen (secondary N) is 1. The molecule has 0 heterocycles. The van der Waals surface area contributed by atoms with Crippen LogP contribution in [0.4, 0.5) is 0 Å². The van der Waals surface area contributed by atoms with E-state index in [0.717, 1.165) is 5.56 Å². The minimum Gasteiger partial charge on any atom is -0.394 e. The third kappa shape index (κ3) is 2.64. The fourth-order valence-electron chi connectivity index (χ4n) is 2.67. The Hall–Kier alpha value is -1.41. The molecule has 3 N–H and O–H groups in total. The molecule has 0 atom stereocenters. The molecule has 0 saturated heterocycles. The van der Waals surface area contributed by atoms with Gasteiger partial charge in [-0.05, 0) is 25.3 Å². The van der Waals surface area contributed by atoms with E-state index in [2.05, 4.69) is 11.4 Å². The zero-order chi connectivity index (χ0) is 13.9. The maximum absolute atomic E-state index is 9.44. The maximum atomic E-state index is 9.44. The van der Waals surface area contributed by atoms with Gasteiger partial charge < -0.3 is 15.5 Å². The molecular formula is C15H20N2O2. The normalized spacial score (nSPS) is 26.5. The highest BCUT2D eigenvalue weighted by Crippen LogP contribution is 2.43. The number of nitriles is 1. The average molecular weight is 260 g/mol. The highest BCUT2D eigenvalue weighted by Gasteiger charge is 2.47. The molecule has 1 aromatic rings. The van der Waals surface area contributed by atoms with E-state index in [1.165, 1.54) is 0 Å². The summed E-state index contributed by atoms with van der Waals surface area (Å²) in [7, 11) is 0. The van der Waals surface area contributed by atoms with Crippen molar-refractivity contribution >= 4 is 0 Å². The third-order valence-electron chi connectivity index (χ3n) is 3.98. The second-order valence-corrected chi connectivity index (χ2v) is 5.69. The minimum atomic E-state index is -0.678. The molecule has 1 aliphatic rings. The van der Waals surface area contributed by atoms with Crippen LogP contribution in [0.5, 0.6) is 0 Å². The molecule has 1 aromatic carbocycles. The van der Waals surface area contributed by atoms with Gasteiger partial charge in [-0.15, -0.1) is 0 Å². The van der Waals surface area contributed by atoms with Crippen molar-refractivity contribution in [3.63, 3.8) is 0 Å². The van der Waals surface area contributed by atoms with Crippen molar-refractivity contribution in [2.45, 2.75) is 36.8 Å². The fraction of sp³-hybridized carbons (Fsp3) is 0.533. The van der Waals surface area contributed by atoms with Crippen molar-refractivity contribution in [2.75, 3.05) is 13.2 Å². The molecule has 0 amide bonds. The van der Waals surface area contributed by atoms with Gasteiger partial charge in [-0.2, -0.15) is 5.26 Å². The van der Waals surface area contributed by atoms with Gasteiger partial charge in [-0.1, -0.05) is 30.3 Å². The first-order valence-electron chi connectivity index (χ1n) is 6.54. The first-order chi connectivity index (χ1) is 9.07. The lowest BCUT2D eigenvalue weighted by Gasteiger charge is -2.46. The lowest BCUT2D eigenvalue weighted by Crippen LogP contribution is -2.60. The van der Waals surface area contributed by atoms with E-state index in [0.29, 0.717) is 12.8 Å². The van der Waals surface area contributed by atoms with Crippen molar-refractivity contribution in [1.82, 2.24) is 5.32 Å². The number of aliphatic hydroxyl groups is 2. The van der Waals surface area contributed by atoms with Crippen LogP contribution < -0.4 is 5.32 Å². The molecule has 1 fully saturated rings. The summed E-state index contributed by atoms with van der Waals surface area (Å²) in [5, 5.41) is 31.2. The Morgan fingerprint density at radius 2 is 1.89 bits per heavy atom. The number of benzene rings is 1. The van der Waals surface area contributed by atoms with Crippen molar-refractivity contribution in [1.29, 1.82) is 5.26 Å². The van der Waals surface area contributed by atoms with Gasteiger partial charge in [-0.25, -0.2) is 0 Å². The summed E-state index contributed by atoms with van der Waals surface area (Å²) >= 11 is 0. The summed E-state index contributed by atoms with van der Waals surface area (Å²) in [5.41, 5.74) is -0.0569. The van der Waals surface area contributed by atoms with Crippen LogP contribution in [0, 0.1) is 11.3 Å². The number of hydrogen-bond acceptors (Lipinski definition) is 4. The van der Waals surface area contributed by atoms with Crippen LogP contribution in [-0.2, 0) is 5.41 Å². The van der Waals surface area contributed by atoms with Crippen LogP contribution in [0.2, 0.25) is 0 Å². The molecule has 19 heavy (non-hydrogen) atoms. The topological polar surface area (TPSA) is 76.3 Å². The number of nitrogens with zero attached hydrogens (tertiary/aromatic N) is 1. The molecule has 4 heteroatoms.